The molecule has 1 aromatic rings. The lowest BCUT2D eigenvalue weighted by Crippen LogP contribution is -2.48. The second kappa shape index (κ2) is 8.27. The Hall–Kier alpha value is -1.43. The first-order valence-corrected chi connectivity index (χ1v) is 8.90. The van der Waals surface area contributed by atoms with Crippen molar-refractivity contribution >= 4 is 23.6 Å². The van der Waals surface area contributed by atoms with Crippen molar-refractivity contribution in [3.05, 3.63) is 24.2 Å². The van der Waals surface area contributed by atoms with Crippen LogP contribution in [-0.2, 0) is 4.79 Å². The summed E-state index contributed by atoms with van der Waals surface area (Å²) in [7, 11) is 0. The van der Waals surface area contributed by atoms with E-state index in [1.165, 1.54) is 12.5 Å². The number of nitrogens with zero attached hydrogens (tertiary/aromatic N) is 1. The molecule has 22 heavy (non-hydrogen) atoms. The number of likely N-dealkylation sites (tertiary alicyclic amines) is 1. The van der Waals surface area contributed by atoms with Crippen LogP contribution in [0, 0.1) is 0 Å². The van der Waals surface area contributed by atoms with Crippen molar-refractivity contribution in [1.29, 1.82) is 0 Å². The van der Waals surface area contributed by atoms with E-state index in [1.807, 2.05) is 16.7 Å². The zero-order valence-corrected chi connectivity index (χ0v) is 14.0. The summed E-state index contributed by atoms with van der Waals surface area (Å²) in [5, 5.41) is 3.26. The standard InChI is InChI=1S/C16H24N2O3S/c1-3-22-14-6-4-5-8-18(10-14)16(20)12(2)17-15(19)13-7-9-21-11-13/h7,9,11-12,14H,3-6,8,10H2,1-2H3,(H,17,19)/t12-,14-/m0/s1. The molecule has 2 rings (SSSR count). The maximum atomic E-state index is 12.6. The Morgan fingerprint density at radius 1 is 1.50 bits per heavy atom. The number of nitrogens with one attached hydrogen (secondary N) is 1. The Balaban J connectivity index is 1.92. The van der Waals surface area contributed by atoms with Crippen molar-refractivity contribution in [2.45, 2.75) is 44.4 Å². The minimum absolute atomic E-state index is 0.000415. The minimum Gasteiger partial charge on any atom is -0.472 e. The number of amides is 2. The highest BCUT2D eigenvalue weighted by atomic mass is 32.2. The lowest BCUT2D eigenvalue weighted by molar-refractivity contribution is -0.132. The van der Waals surface area contributed by atoms with Gasteiger partial charge < -0.3 is 14.6 Å². The third kappa shape index (κ3) is 4.53. The van der Waals surface area contributed by atoms with Crippen molar-refractivity contribution in [3.63, 3.8) is 0 Å². The van der Waals surface area contributed by atoms with Gasteiger partial charge in [-0.3, -0.25) is 9.59 Å². The molecule has 1 N–H and O–H groups in total. The van der Waals surface area contributed by atoms with Crippen LogP contribution >= 0.6 is 11.8 Å². The van der Waals surface area contributed by atoms with Gasteiger partial charge in [-0.15, -0.1) is 0 Å². The van der Waals surface area contributed by atoms with Crippen LogP contribution in [0.3, 0.4) is 0 Å². The van der Waals surface area contributed by atoms with Crippen LogP contribution in [0.1, 0.15) is 43.5 Å². The highest BCUT2D eigenvalue weighted by Gasteiger charge is 2.26. The normalized spacial score (nSPS) is 20.3. The van der Waals surface area contributed by atoms with Gasteiger partial charge in [-0.25, -0.2) is 0 Å². The first-order valence-electron chi connectivity index (χ1n) is 7.85. The number of thioether (sulfide) groups is 1. The smallest absolute Gasteiger partial charge is 0.255 e. The summed E-state index contributed by atoms with van der Waals surface area (Å²) < 4.78 is 4.89. The molecule has 6 heteroatoms. The van der Waals surface area contributed by atoms with Gasteiger partial charge in [-0.1, -0.05) is 13.3 Å². The van der Waals surface area contributed by atoms with Crippen molar-refractivity contribution in [2.24, 2.45) is 0 Å². The van der Waals surface area contributed by atoms with E-state index in [4.69, 9.17) is 4.42 Å². The summed E-state index contributed by atoms with van der Waals surface area (Å²) in [6.45, 7) is 5.46. The molecule has 0 aromatic carbocycles. The molecule has 0 unspecified atom stereocenters. The summed E-state index contributed by atoms with van der Waals surface area (Å²) in [5.41, 5.74) is 0.440. The van der Waals surface area contributed by atoms with Gasteiger partial charge in [0, 0.05) is 18.3 Å². The zero-order chi connectivity index (χ0) is 15.9. The molecule has 0 bridgehead atoms. The van der Waals surface area contributed by atoms with Gasteiger partial charge in [0.1, 0.15) is 12.3 Å². The zero-order valence-electron chi connectivity index (χ0n) is 13.2. The van der Waals surface area contributed by atoms with E-state index in [0.29, 0.717) is 10.8 Å². The van der Waals surface area contributed by atoms with Crippen molar-refractivity contribution < 1.29 is 14.0 Å². The quantitative estimate of drug-likeness (QED) is 0.904. The van der Waals surface area contributed by atoms with E-state index < -0.39 is 6.04 Å². The number of hydrogen-bond acceptors (Lipinski definition) is 4. The Labute approximate surface area is 135 Å². The predicted molar refractivity (Wildman–Crippen MR) is 88.0 cm³/mol. The van der Waals surface area contributed by atoms with Gasteiger partial charge in [-0.2, -0.15) is 11.8 Å². The van der Waals surface area contributed by atoms with Crippen LogP contribution in [-0.4, -0.2) is 46.8 Å². The molecule has 1 aromatic heterocycles. The van der Waals surface area contributed by atoms with Crippen LogP contribution in [0.2, 0.25) is 0 Å². The van der Waals surface area contributed by atoms with Gasteiger partial charge in [-0.05, 0) is 31.6 Å². The highest BCUT2D eigenvalue weighted by molar-refractivity contribution is 7.99. The fraction of sp³-hybridized carbons (Fsp3) is 0.625. The van der Waals surface area contributed by atoms with Crippen LogP contribution in [0.4, 0.5) is 0 Å². The number of hydrogen-bond donors (Lipinski definition) is 1. The first-order chi connectivity index (χ1) is 10.6. The Kier molecular flexibility index (Phi) is 6.36. The monoisotopic (exact) mass is 324 g/mol. The van der Waals surface area contributed by atoms with Crippen LogP contribution in [0.15, 0.2) is 23.0 Å². The molecule has 2 amide bonds. The second-order valence-electron chi connectivity index (χ2n) is 5.56. The van der Waals surface area contributed by atoms with Gasteiger partial charge in [0.15, 0.2) is 0 Å². The lowest BCUT2D eigenvalue weighted by Gasteiger charge is -2.27. The van der Waals surface area contributed by atoms with E-state index >= 15 is 0 Å². The molecule has 1 aliphatic rings. The molecule has 1 saturated heterocycles. The Morgan fingerprint density at radius 2 is 2.32 bits per heavy atom. The molecule has 0 spiro atoms. The number of furan rings is 1. The molecule has 0 aliphatic carbocycles. The fourth-order valence-corrected chi connectivity index (χ4v) is 3.77. The molecule has 2 heterocycles. The minimum atomic E-state index is -0.521. The average molecular weight is 324 g/mol. The molecule has 5 nitrogen and oxygen atoms in total. The maximum absolute atomic E-state index is 12.6. The second-order valence-corrected chi connectivity index (χ2v) is 7.14. The van der Waals surface area contributed by atoms with Crippen molar-refractivity contribution in [2.75, 3.05) is 18.8 Å². The Bertz CT molecular complexity index is 490. The molecule has 1 fully saturated rings. The first kappa shape index (κ1) is 16.9. The van der Waals surface area contributed by atoms with E-state index in [9.17, 15) is 9.59 Å². The Morgan fingerprint density at radius 3 is 3.00 bits per heavy atom. The van der Waals surface area contributed by atoms with E-state index in [-0.39, 0.29) is 11.8 Å². The summed E-state index contributed by atoms with van der Waals surface area (Å²) in [6.07, 6.45) is 6.19. The summed E-state index contributed by atoms with van der Waals surface area (Å²) in [6, 6.07) is 1.07. The molecule has 0 radical (unpaired) electrons. The number of carbonyl (C=O) groups is 2. The lowest BCUT2D eigenvalue weighted by atomic mass is 10.2. The SMILES string of the molecule is CCS[C@H]1CCCCN(C(=O)[C@H](C)NC(=O)c2ccoc2)C1. The van der Waals surface area contributed by atoms with Crippen molar-refractivity contribution in [3.8, 4) is 0 Å². The van der Waals surface area contributed by atoms with Gasteiger partial charge in [0.05, 0.1) is 11.8 Å². The van der Waals surface area contributed by atoms with E-state index in [2.05, 4.69) is 12.2 Å². The van der Waals surface area contributed by atoms with Crippen molar-refractivity contribution in [1.82, 2.24) is 10.2 Å². The van der Waals surface area contributed by atoms with Gasteiger partial charge >= 0.3 is 0 Å². The van der Waals surface area contributed by atoms with Crippen LogP contribution < -0.4 is 5.32 Å². The summed E-state index contributed by atoms with van der Waals surface area (Å²) in [5.74, 6) is 0.795. The summed E-state index contributed by atoms with van der Waals surface area (Å²) in [4.78, 5) is 26.5. The van der Waals surface area contributed by atoms with E-state index in [1.54, 1.807) is 13.0 Å². The van der Waals surface area contributed by atoms with Crippen LogP contribution in [0.5, 0.6) is 0 Å². The molecular formula is C16H24N2O3S. The fourth-order valence-electron chi connectivity index (χ4n) is 2.68. The average Bonchev–Trinajstić information content (AvgIpc) is 2.94. The third-order valence-electron chi connectivity index (χ3n) is 3.84. The van der Waals surface area contributed by atoms with E-state index in [0.717, 1.165) is 38.1 Å². The molecular weight excluding hydrogens is 300 g/mol. The maximum Gasteiger partial charge on any atom is 0.255 e. The third-order valence-corrected chi connectivity index (χ3v) is 5.03. The number of rotatable bonds is 5. The van der Waals surface area contributed by atoms with Gasteiger partial charge in [0.25, 0.3) is 5.91 Å². The number of carbonyl (C=O) groups excluding carboxylic acids is 2. The topological polar surface area (TPSA) is 62.6 Å². The summed E-state index contributed by atoms with van der Waals surface area (Å²) >= 11 is 1.92. The molecule has 0 saturated carbocycles. The largest absolute Gasteiger partial charge is 0.472 e. The highest BCUT2D eigenvalue weighted by Crippen LogP contribution is 2.22. The molecule has 1 aliphatic heterocycles. The molecule has 2 atom stereocenters. The predicted octanol–water partition coefficient (Wildman–Crippen LogP) is 2.53. The van der Waals surface area contributed by atoms with Crippen LogP contribution in [0.25, 0.3) is 0 Å². The van der Waals surface area contributed by atoms with Gasteiger partial charge in [0.2, 0.25) is 5.91 Å². The molecule has 122 valence electrons.